The number of aromatic hydroxyl groups is 1. The van der Waals surface area contributed by atoms with E-state index in [4.69, 9.17) is 10.6 Å². The Hall–Kier alpha value is -4.73. The summed E-state index contributed by atoms with van der Waals surface area (Å²) in [4.78, 5) is 63.7. The van der Waals surface area contributed by atoms with Gasteiger partial charge in [-0.15, -0.1) is 0 Å². The number of aliphatic hydroxyl groups excluding tert-OH is 2. The molecule has 2 aromatic carbocycles. The molecule has 0 aliphatic carbocycles. The number of carbonyl (C=O) groups is 5. The van der Waals surface area contributed by atoms with Crippen LogP contribution in [0.1, 0.15) is 31.4 Å². The molecule has 0 heterocycles. The van der Waals surface area contributed by atoms with Gasteiger partial charge in [0.25, 0.3) is 5.91 Å². The third-order valence-corrected chi connectivity index (χ3v) is 6.31. The highest BCUT2D eigenvalue weighted by Gasteiger charge is 2.31. The van der Waals surface area contributed by atoms with E-state index in [0.717, 1.165) is 0 Å². The maximum absolute atomic E-state index is 13.3. The van der Waals surface area contributed by atoms with Gasteiger partial charge in [-0.05, 0) is 35.6 Å². The van der Waals surface area contributed by atoms with Crippen molar-refractivity contribution < 1.29 is 44.0 Å². The Morgan fingerprint density at radius 1 is 0.705 bits per heavy atom. The molecule has 44 heavy (non-hydrogen) atoms. The summed E-state index contributed by atoms with van der Waals surface area (Å²) in [6, 6.07) is 9.38. The molecule has 15 heteroatoms. The first-order valence-corrected chi connectivity index (χ1v) is 13.9. The van der Waals surface area contributed by atoms with E-state index in [1.807, 2.05) is 5.43 Å². The van der Waals surface area contributed by atoms with Gasteiger partial charge in [0.2, 0.25) is 17.7 Å². The van der Waals surface area contributed by atoms with E-state index in [-0.39, 0.29) is 31.1 Å². The number of phenolic OH excluding ortho intramolecular Hbond substituents is 1. The molecule has 0 spiro atoms. The van der Waals surface area contributed by atoms with Gasteiger partial charge in [-0.3, -0.25) is 24.6 Å². The average molecular weight is 617 g/mol. The summed E-state index contributed by atoms with van der Waals surface area (Å²) in [6.45, 7) is 1.89. The van der Waals surface area contributed by atoms with Crippen LogP contribution in [0.2, 0.25) is 0 Å². The quantitative estimate of drug-likeness (QED) is 0.0613. The fourth-order valence-electron chi connectivity index (χ4n) is 3.99. The molecular weight excluding hydrogens is 576 g/mol. The zero-order valence-corrected chi connectivity index (χ0v) is 24.5. The van der Waals surface area contributed by atoms with Gasteiger partial charge in [0.05, 0.1) is 13.2 Å². The number of nitrogens with one attached hydrogen (secondary N) is 5. The van der Waals surface area contributed by atoms with Crippen LogP contribution < -0.4 is 32.5 Å². The van der Waals surface area contributed by atoms with Gasteiger partial charge >= 0.3 is 6.09 Å². The number of hydrogen-bond acceptors (Lipinski definition) is 10. The molecule has 0 aliphatic heterocycles. The third kappa shape index (κ3) is 11.9. The van der Waals surface area contributed by atoms with E-state index in [1.165, 1.54) is 12.1 Å². The molecule has 0 unspecified atom stereocenters. The van der Waals surface area contributed by atoms with Crippen LogP contribution in [0.5, 0.6) is 5.75 Å². The second-order valence-electron chi connectivity index (χ2n) is 10.3. The summed E-state index contributed by atoms with van der Waals surface area (Å²) in [6.07, 6.45) is -0.854. The molecule has 10 N–H and O–H groups in total. The molecule has 240 valence electrons. The third-order valence-electron chi connectivity index (χ3n) is 6.31. The number of amides is 5. The van der Waals surface area contributed by atoms with Crippen molar-refractivity contribution in [2.24, 2.45) is 11.8 Å². The Labute approximate surface area is 254 Å². The number of benzene rings is 2. The minimum atomic E-state index is -1.53. The van der Waals surface area contributed by atoms with E-state index in [2.05, 4.69) is 21.3 Å². The summed E-state index contributed by atoms with van der Waals surface area (Å²) < 4.78 is 5.23. The van der Waals surface area contributed by atoms with Crippen molar-refractivity contribution >= 4 is 29.7 Å². The fourth-order valence-corrected chi connectivity index (χ4v) is 3.99. The van der Waals surface area contributed by atoms with Gasteiger partial charge in [0.15, 0.2) is 0 Å². The van der Waals surface area contributed by atoms with Gasteiger partial charge in [0.1, 0.15) is 36.5 Å². The number of carbonyl (C=O) groups excluding carboxylic acids is 5. The minimum Gasteiger partial charge on any atom is -0.508 e. The zero-order valence-electron chi connectivity index (χ0n) is 24.5. The monoisotopic (exact) mass is 616 g/mol. The molecule has 0 aliphatic rings. The van der Waals surface area contributed by atoms with Crippen molar-refractivity contribution in [3.8, 4) is 5.75 Å². The second-order valence-corrected chi connectivity index (χ2v) is 10.3. The van der Waals surface area contributed by atoms with Gasteiger partial charge in [-0.25, -0.2) is 10.6 Å². The lowest BCUT2D eigenvalue weighted by atomic mass is 10.0. The molecule has 15 nitrogen and oxygen atoms in total. The fraction of sp³-hybridized carbons (Fsp3) is 0.414. The molecule has 2 aromatic rings. The van der Waals surface area contributed by atoms with E-state index >= 15 is 0 Å². The lowest BCUT2D eigenvalue weighted by molar-refractivity contribution is -0.135. The summed E-state index contributed by atoms with van der Waals surface area (Å²) in [5, 5.41) is 38.6. The standard InChI is InChI=1S/C29H40N6O9/c1-17(2)12-21(25(39)33-24(15-37)28(42)35-30)31-27(41)23(14-36)32-26(40)22(13-18-8-10-20(38)11-9-18)34-29(43)44-16-19-6-4-3-5-7-19/h3-11,17,21-24,36-38H,12-16,30H2,1-2H3,(H,31,41)(H,32,40)(H,33,39)(H,34,43)(H,35,42)/t21-,22-,23-,24-/m0/s1. The van der Waals surface area contributed by atoms with Crippen LogP contribution in [0.4, 0.5) is 4.79 Å². The number of alkyl carbamates (subject to hydrolysis) is 1. The van der Waals surface area contributed by atoms with Crippen LogP contribution in [0, 0.1) is 5.92 Å². The van der Waals surface area contributed by atoms with Crippen molar-refractivity contribution in [2.75, 3.05) is 13.2 Å². The lowest BCUT2D eigenvalue weighted by Gasteiger charge is -2.26. The molecule has 0 saturated heterocycles. The number of nitrogens with two attached hydrogens (primary N) is 1. The Morgan fingerprint density at radius 3 is 1.77 bits per heavy atom. The smallest absolute Gasteiger partial charge is 0.408 e. The molecule has 0 fully saturated rings. The highest BCUT2D eigenvalue weighted by molar-refractivity contribution is 5.95. The van der Waals surface area contributed by atoms with Gasteiger partial charge in [-0.2, -0.15) is 0 Å². The van der Waals surface area contributed by atoms with Crippen LogP contribution in [0.3, 0.4) is 0 Å². The summed E-state index contributed by atoms with van der Waals surface area (Å²) in [5.74, 6) is 1.55. The first kappa shape index (κ1) is 35.5. The molecule has 0 bridgehead atoms. The molecule has 0 saturated carbocycles. The molecule has 0 radical (unpaired) electrons. The average Bonchev–Trinajstić information content (AvgIpc) is 3.01. The van der Waals surface area contributed by atoms with Crippen LogP contribution >= 0.6 is 0 Å². The van der Waals surface area contributed by atoms with Crippen molar-refractivity contribution in [1.82, 2.24) is 26.7 Å². The van der Waals surface area contributed by atoms with Gasteiger partial charge < -0.3 is 41.3 Å². The Balaban J connectivity index is 2.15. The lowest BCUT2D eigenvalue weighted by Crippen LogP contribution is -2.60. The van der Waals surface area contributed by atoms with Crippen LogP contribution in [0.15, 0.2) is 54.6 Å². The largest absolute Gasteiger partial charge is 0.508 e. The maximum atomic E-state index is 13.3. The summed E-state index contributed by atoms with van der Waals surface area (Å²) in [7, 11) is 0. The zero-order chi connectivity index (χ0) is 32.6. The number of aliphatic hydroxyl groups is 2. The molecule has 2 rings (SSSR count). The first-order valence-electron chi connectivity index (χ1n) is 13.9. The van der Waals surface area contributed by atoms with Crippen LogP contribution in [0.25, 0.3) is 0 Å². The normalized spacial score (nSPS) is 13.5. The predicted molar refractivity (Wildman–Crippen MR) is 157 cm³/mol. The Bertz CT molecular complexity index is 1240. The van der Waals surface area contributed by atoms with Crippen molar-refractivity contribution in [3.63, 3.8) is 0 Å². The van der Waals surface area contributed by atoms with E-state index in [1.54, 1.807) is 56.3 Å². The first-order chi connectivity index (χ1) is 21.0. The molecule has 0 aromatic heterocycles. The van der Waals surface area contributed by atoms with Gasteiger partial charge in [-0.1, -0.05) is 56.3 Å². The number of rotatable bonds is 16. The second kappa shape index (κ2) is 18.0. The highest BCUT2D eigenvalue weighted by atomic mass is 16.5. The van der Waals surface area contributed by atoms with Gasteiger partial charge in [0, 0.05) is 6.42 Å². The summed E-state index contributed by atoms with van der Waals surface area (Å²) in [5.41, 5.74) is 3.09. The van der Waals surface area contributed by atoms with E-state index < -0.39 is 67.1 Å². The van der Waals surface area contributed by atoms with Crippen LogP contribution in [-0.2, 0) is 36.9 Å². The summed E-state index contributed by atoms with van der Waals surface area (Å²) >= 11 is 0. The van der Waals surface area contributed by atoms with Crippen LogP contribution in [-0.4, -0.2) is 82.4 Å². The Morgan fingerprint density at radius 2 is 1.23 bits per heavy atom. The van der Waals surface area contributed by atoms with Crippen molar-refractivity contribution in [2.45, 2.75) is 57.5 Å². The minimum absolute atomic E-state index is 0.00375. The number of hydrogen-bond donors (Lipinski definition) is 9. The number of ether oxygens (including phenoxy) is 1. The van der Waals surface area contributed by atoms with Crippen molar-refractivity contribution in [3.05, 3.63) is 65.7 Å². The Kier molecular flexibility index (Phi) is 14.5. The molecule has 5 amide bonds. The van der Waals surface area contributed by atoms with E-state index in [9.17, 15) is 39.3 Å². The predicted octanol–water partition coefficient (Wildman–Crippen LogP) is -1.30. The topological polar surface area (TPSA) is 241 Å². The number of hydrazine groups is 1. The van der Waals surface area contributed by atoms with Crippen molar-refractivity contribution in [1.29, 1.82) is 0 Å². The number of phenols is 1. The van der Waals surface area contributed by atoms with E-state index in [0.29, 0.717) is 11.1 Å². The highest BCUT2D eigenvalue weighted by Crippen LogP contribution is 2.12. The maximum Gasteiger partial charge on any atom is 0.408 e. The SMILES string of the molecule is CC(C)C[C@H](NC(=O)[C@H](CO)NC(=O)[C@H](Cc1ccc(O)cc1)NC(=O)OCc1ccccc1)C(=O)N[C@@H](CO)C(=O)NN. The molecular formula is C29H40N6O9. The molecule has 4 atom stereocenters.